The van der Waals surface area contributed by atoms with Crippen LogP contribution < -0.4 is 5.73 Å². The molecule has 0 aliphatic heterocycles. The van der Waals surface area contributed by atoms with Gasteiger partial charge in [-0.3, -0.25) is 0 Å². The molecule has 0 aliphatic rings. The van der Waals surface area contributed by atoms with Crippen molar-refractivity contribution in [1.29, 1.82) is 10.5 Å². The molecule has 5 heteroatoms. The maximum Gasteiger partial charge on any atom is 0.188 e. The van der Waals surface area contributed by atoms with Crippen LogP contribution in [0.4, 0.5) is 0 Å². The molecule has 0 atom stereocenters. The van der Waals surface area contributed by atoms with Crippen molar-refractivity contribution in [2.24, 2.45) is 10.7 Å². The van der Waals surface area contributed by atoms with E-state index in [2.05, 4.69) is 4.99 Å². The number of nitriles is 2. The quantitative estimate of drug-likeness (QED) is 0.410. The minimum Gasteiger partial charge on any atom is -0.484 e. The molecule has 0 aromatic carbocycles. The maximum absolute atomic E-state index is 8.64. The van der Waals surface area contributed by atoms with Crippen LogP contribution in [-0.4, -0.2) is 13.0 Å². The van der Waals surface area contributed by atoms with Crippen molar-refractivity contribution >= 4 is 5.90 Å². The van der Waals surface area contributed by atoms with Gasteiger partial charge in [0.2, 0.25) is 0 Å². The Morgan fingerprint density at radius 2 is 2.07 bits per heavy atom. The minimum atomic E-state index is -0.196. The lowest BCUT2D eigenvalue weighted by atomic mass is 10.3. The molecule has 0 fully saturated rings. The second kappa shape index (κ2) is 6.50. The van der Waals surface area contributed by atoms with Crippen molar-refractivity contribution in [1.82, 2.24) is 0 Å². The van der Waals surface area contributed by atoms with Gasteiger partial charge in [-0.1, -0.05) is 6.92 Å². The topological polar surface area (TPSA) is 95.2 Å². The van der Waals surface area contributed by atoms with Gasteiger partial charge < -0.3 is 10.5 Å². The Labute approximate surface area is 83.1 Å². The Hall–Kier alpha value is -2.01. The molecule has 5 nitrogen and oxygen atoms in total. The van der Waals surface area contributed by atoms with Gasteiger partial charge in [0.1, 0.15) is 17.8 Å². The lowest BCUT2D eigenvalue weighted by Gasteiger charge is -2.01. The molecular weight excluding hydrogens is 180 g/mol. The average molecular weight is 192 g/mol. The Kier molecular flexibility index (Phi) is 5.57. The highest BCUT2D eigenvalue weighted by atomic mass is 16.5. The van der Waals surface area contributed by atoms with Crippen LogP contribution in [0.2, 0.25) is 0 Å². The van der Waals surface area contributed by atoms with Crippen LogP contribution in [0.5, 0.6) is 0 Å². The smallest absolute Gasteiger partial charge is 0.188 e. The summed E-state index contributed by atoms with van der Waals surface area (Å²) in [5.41, 5.74) is 4.96. The number of hydrogen-bond donors (Lipinski definition) is 1. The first-order chi connectivity index (χ1) is 6.69. The zero-order valence-corrected chi connectivity index (χ0v) is 8.24. The normalized spacial score (nSPS) is 12.4. The summed E-state index contributed by atoms with van der Waals surface area (Å²) in [7, 11) is 1.46. The van der Waals surface area contributed by atoms with E-state index in [0.29, 0.717) is 12.3 Å². The van der Waals surface area contributed by atoms with Gasteiger partial charge >= 0.3 is 0 Å². The zero-order chi connectivity index (χ0) is 11.0. The largest absolute Gasteiger partial charge is 0.484 e. The van der Waals surface area contributed by atoms with Gasteiger partial charge in [-0.2, -0.15) is 10.5 Å². The van der Waals surface area contributed by atoms with Crippen molar-refractivity contribution < 1.29 is 4.74 Å². The van der Waals surface area contributed by atoms with Crippen molar-refractivity contribution in [2.75, 3.05) is 7.11 Å². The Morgan fingerprint density at radius 1 is 1.43 bits per heavy atom. The van der Waals surface area contributed by atoms with Crippen LogP contribution >= 0.6 is 0 Å². The van der Waals surface area contributed by atoms with E-state index in [1.165, 1.54) is 7.11 Å². The summed E-state index contributed by atoms with van der Waals surface area (Å²) in [6, 6.07) is 3.40. The zero-order valence-electron chi connectivity index (χ0n) is 8.24. The first-order valence-corrected chi connectivity index (χ1v) is 4.11. The summed E-state index contributed by atoms with van der Waals surface area (Å²) in [6.07, 6.45) is 1.46. The van der Waals surface area contributed by atoms with Gasteiger partial charge in [-0.25, -0.2) is 4.99 Å². The second-order valence-corrected chi connectivity index (χ2v) is 2.45. The fraction of sp³-hybridized carbons (Fsp3) is 0.444. The molecule has 0 radical (unpaired) electrons. The van der Waals surface area contributed by atoms with Gasteiger partial charge in [0.05, 0.1) is 7.11 Å². The lowest BCUT2D eigenvalue weighted by molar-refractivity contribution is 0.389. The van der Waals surface area contributed by atoms with Crippen molar-refractivity contribution in [2.45, 2.75) is 19.8 Å². The van der Waals surface area contributed by atoms with Gasteiger partial charge in [-0.05, 0) is 6.42 Å². The standard InChI is InChI=1S/C9H12N4O/c1-3-4-9(14-2)13-8(6-11)7(12)5-10/h3-4,12H2,1-2H3/b8-7-,13-9?. The van der Waals surface area contributed by atoms with Crippen molar-refractivity contribution in [3.05, 3.63) is 11.4 Å². The van der Waals surface area contributed by atoms with E-state index in [0.717, 1.165) is 6.42 Å². The molecule has 0 saturated heterocycles. The van der Waals surface area contributed by atoms with Crippen LogP contribution in [-0.2, 0) is 4.74 Å². The van der Waals surface area contributed by atoms with E-state index in [9.17, 15) is 0 Å². The predicted molar refractivity (Wildman–Crippen MR) is 51.8 cm³/mol. The van der Waals surface area contributed by atoms with E-state index in [4.69, 9.17) is 21.0 Å². The molecule has 0 aliphatic carbocycles. The van der Waals surface area contributed by atoms with Crippen LogP contribution in [0.3, 0.4) is 0 Å². The highest BCUT2D eigenvalue weighted by Crippen LogP contribution is 2.03. The number of allylic oxidation sites excluding steroid dienone is 2. The van der Waals surface area contributed by atoms with Crippen LogP contribution in [0.1, 0.15) is 19.8 Å². The van der Waals surface area contributed by atoms with Crippen molar-refractivity contribution in [3.8, 4) is 12.1 Å². The molecular formula is C9H12N4O. The summed E-state index contributed by atoms with van der Waals surface area (Å²) < 4.78 is 4.92. The molecule has 2 N–H and O–H groups in total. The van der Waals surface area contributed by atoms with Gasteiger partial charge in [-0.15, -0.1) is 0 Å². The van der Waals surface area contributed by atoms with E-state index in [-0.39, 0.29) is 11.4 Å². The minimum absolute atomic E-state index is 0.0993. The molecule has 14 heavy (non-hydrogen) atoms. The monoisotopic (exact) mass is 192 g/mol. The Balaban J connectivity index is 4.93. The summed E-state index contributed by atoms with van der Waals surface area (Å²) >= 11 is 0. The van der Waals surface area contributed by atoms with Gasteiger partial charge in [0, 0.05) is 6.42 Å². The first kappa shape index (κ1) is 12.0. The molecule has 0 amide bonds. The number of rotatable bonds is 3. The highest BCUT2D eigenvalue weighted by Gasteiger charge is 2.03. The summed E-state index contributed by atoms with van der Waals surface area (Å²) in [5.74, 6) is 0.405. The number of ether oxygens (including phenoxy) is 1. The molecule has 0 aromatic heterocycles. The maximum atomic E-state index is 8.64. The molecule has 0 aromatic rings. The molecule has 0 bridgehead atoms. The van der Waals surface area contributed by atoms with Crippen LogP contribution in [0.25, 0.3) is 0 Å². The SMILES string of the molecule is CCCC(=N/C(C#N)=C(\N)C#N)OC. The van der Waals surface area contributed by atoms with Crippen LogP contribution in [0.15, 0.2) is 16.4 Å². The highest BCUT2D eigenvalue weighted by molar-refractivity contribution is 5.77. The fourth-order valence-corrected chi connectivity index (χ4v) is 0.741. The van der Waals surface area contributed by atoms with Crippen molar-refractivity contribution in [3.63, 3.8) is 0 Å². The van der Waals surface area contributed by atoms with E-state index >= 15 is 0 Å². The Bertz CT molecular complexity index is 330. The molecule has 0 rings (SSSR count). The molecule has 0 saturated carbocycles. The summed E-state index contributed by atoms with van der Waals surface area (Å²) in [5, 5.41) is 17.1. The van der Waals surface area contributed by atoms with Gasteiger partial charge in [0.15, 0.2) is 11.6 Å². The van der Waals surface area contributed by atoms with E-state index in [1.807, 2.05) is 6.92 Å². The van der Waals surface area contributed by atoms with Crippen LogP contribution in [0, 0.1) is 22.7 Å². The fourth-order valence-electron chi connectivity index (χ4n) is 0.741. The molecule has 0 unspecified atom stereocenters. The Morgan fingerprint density at radius 3 is 2.43 bits per heavy atom. The molecule has 74 valence electrons. The summed E-state index contributed by atoms with van der Waals surface area (Å²) in [4.78, 5) is 3.84. The van der Waals surface area contributed by atoms with Gasteiger partial charge in [0.25, 0.3) is 0 Å². The number of nitrogens with zero attached hydrogens (tertiary/aromatic N) is 3. The lowest BCUT2D eigenvalue weighted by Crippen LogP contribution is -2.04. The average Bonchev–Trinajstić information content (AvgIpc) is 2.23. The number of nitrogens with two attached hydrogens (primary N) is 1. The number of hydrogen-bond acceptors (Lipinski definition) is 5. The number of aliphatic imine (C=N–C) groups is 1. The molecule has 0 heterocycles. The third-order valence-corrected chi connectivity index (χ3v) is 1.42. The predicted octanol–water partition coefficient (Wildman–Crippen LogP) is 1.05. The third-order valence-electron chi connectivity index (χ3n) is 1.42. The van der Waals surface area contributed by atoms with E-state index < -0.39 is 0 Å². The number of methoxy groups -OCH3 is 1. The van der Waals surface area contributed by atoms with E-state index in [1.54, 1.807) is 12.1 Å². The molecule has 0 spiro atoms. The second-order valence-electron chi connectivity index (χ2n) is 2.45. The first-order valence-electron chi connectivity index (χ1n) is 4.11. The summed E-state index contributed by atoms with van der Waals surface area (Å²) in [6.45, 7) is 1.96. The third kappa shape index (κ3) is 3.59.